The Bertz CT molecular complexity index is 720. The number of nitrogens with one attached hydrogen (secondary N) is 1. The zero-order valence-electron chi connectivity index (χ0n) is 15.0. The van der Waals surface area contributed by atoms with Crippen molar-refractivity contribution in [3.63, 3.8) is 0 Å². The average Bonchev–Trinajstić information content (AvgIpc) is 2.61. The maximum Gasteiger partial charge on any atom is 0.255 e. The minimum absolute atomic E-state index is 0. The van der Waals surface area contributed by atoms with Gasteiger partial charge in [-0.2, -0.15) is 0 Å². The Balaban J connectivity index is 0.00000338. The molecule has 0 spiro atoms. The van der Waals surface area contributed by atoms with E-state index in [1.807, 2.05) is 55.4 Å². The maximum atomic E-state index is 10.8. The van der Waals surface area contributed by atoms with E-state index in [0.29, 0.717) is 18.8 Å². The molecule has 0 bridgehead atoms. The van der Waals surface area contributed by atoms with Crippen molar-refractivity contribution >= 4 is 35.8 Å². The number of aliphatic imine (C=N–C) groups is 1. The molecule has 0 saturated carbocycles. The molecule has 0 aliphatic heterocycles. The number of carbonyl (C=O) groups is 1. The molecule has 26 heavy (non-hydrogen) atoms. The van der Waals surface area contributed by atoms with E-state index in [1.165, 1.54) is 5.56 Å². The molecule has 0 saturated heterocycles. The van der Waals surface area contributed by atoms with Crippen molar-refractivity contribution in [2.45, 2.75) is 13.1 Å². The van der Waals surface area contributed by atoms with Gasteiger partial charge in [0.05, 0.1) is 6.54 Å². The third kappa shape index (κ3) is 7.73. The largest absolute Gasteiger partial charge is 0.484 e. The zero-order chi connectivity index (χ0) is 18.1. The lowest BCUT2D eigenvalue weighted by molar-refractivity contribution is -0.119. The van der Waals surface area contributed by atoms with Crippen LogP contribution in [0.4, 0.5) is 0 Å². The van der Waals surface area contributed by atoms with Gasteiger partial charge >= 0.3 is 0 Å². The monoisotopic (exact) mass is 468 g/mol. The average molecular weight is 468 g/mol. The van der Waals surface area contributed by atoms with Gasteiger partial charge < -0.3 is 20.7 Å². The standard InChI is InChI=1S/C19H24N4O2.HI/c1-23(2)19(21-12-15-7-4-3-5-8-15)22-13-16-9-6-10-17(11-16)25-14-18(20)24;/h3-11H,12-14H2,1-2H3,(H2,20,24)(H,21,22);1H. The van der Waals surface area contributed by atoms with Gasteiger partial charge in [0.1, 0.15) is 5.75 Å². The Hall–Kier alpha value is -2.29. The van der Waals surface area contributed by atoms with Crippen LogP contribution < -0.4 is 15.8 Å². The van der Waals surface area contributed by atoms with E-state index in [9.17, 15) is 4.79 Å². The summed E-state index contributed by atoms with van der Waals surface area (Å²) >= 11 is 0. The summed E-state index contributed by atoms with van der Waals surface area (Å²) in [5.41, 5.74) is 7.27. The number of hydrogen-bond donors (Lipinski definition) is 2. The van der Waals surface area contributed by atoms with Crippen molar-refractivity contribution < 1.29 is 9.53 Å². The molecule has 7 heteroatoms. The molecule has 0 fully saturated rings. The number of ether oxygens (including phenoxy) is 1. The van der Waals surface area contributed by atoms with Crippen LogP contribution in [0, 0.1) is 0 Å². The predicted molar refractivity (Wildman–Crippen MR) is 115 cm³/mol. The zero-order valence-corrected chi connectivity index (χ0v) is 17.3. The Labute approximate surface area is 171 Å². The van der Waals surface area contributed by atoms with Crippen LogP contribution in [0.5, 0.6) is 5.75 Å². The highest BCUT2D eigenvalue weighted by Gasteiger charge is 2.03. The number of guanidine groups is 1. The van der Waals surface area contributed by atoms with Gasteiger partial charge in [0, 0.05) is 20.6 Å². The van der Waals surface area contributed by atoms with Crippen LogP contribution in [0.25, 0.3) is 0 Å². The summed E-state index contributed by atoms with van der Waals surface area (Å²) < 4.78 is 5.32. The first-order valence-corrected chi connectivity index (χ1v) is 8.04. The molecule has 6 nitrogen and oxygen atoms in total. The fourth-order valence-electron chi connectivity index (χ4n) is 2.19. The lowest BCUT2D eigenvalue weighted by atomic mass is 10.2. The quantitative estimate of drug-likeness (QED) is 0.372. The summed E-state index contributed by atoms with van der Waals surface area (Å²) in [5, 5.41) is 3.34. The Morgan fingerprint density at radius 2 is 1.81 bits per heavy atom. The topological polar surface area (TPSA) is 79.9 Å². The molecule has 2 aromatic carbocycles. The molecule has 0 heterocycles. The number of amides is 1. The first-order chi connectivity index (χ1) is 12.0. The van der Waals surface area contributed by atoms with Crippen LogP contribution in [-0.4, -0.2) is 37.5 Å². The molecule has 2 rings (SSSR count). The summed E-state index contributed by atoms with van der Waals surface area (Å²) in [6.07, 6.45) is 0. The van der Waals surface area contributed by atoms with Gasteiger partial charge in [-0.3, -0.25) is 4.79 Å². The highest BCUT2D eigenvalue weighted by Crippen LogP contribution is 2.14. The molecular formula is C19H25IN4O2. The summed E-state index contributed by atoms with van der Waals surface area (Å²) in [7, 11) is 3.90. The van der Waals surface area contributed by atoms with Gasteiger partial charge in [0.25, 0.3) is 5.91 Å². The second-order valence-electron chi connectivity index (χ2n) is 5.78. The van der Waals surface area contributed by atoms with Gasteiger partial charge in [0.15, 0.2) is 12.6 Å². The van der Waals surface area contributed by atoms with Gasteiger partial charge in [-0.15, -0.1) is 24.0 Å². The Kier molecular flexibility index (Phi) is 9.50. The van der Waals surface area contributed by atoms with Crippen LogP contribution in [0.2, 0.25) is 0 Å². The normalized spacial score (nSPS) is 10.6. The van der Waals surface area contributed by atoms with Crippen molar-refractivity contribution in [1.29, 1.82) is 0 Å². The Morgan fingerprint density at radius 3 is 2.46 bits per heavy atom. The molecule has 0 unspecified atom stereocenters. The molecule has 1 amide bonds. The smallest absolute Gasteiger partial charge is 0.255 e. The lowest BCUT2D eigenvalue weighted by Crippen LogP contribution is -2.36. The summed E-state index contributed by atoms with van der Waals surface area (Å²) in [6.45, 7) is 1.08. The van der Waals surface area contributed by atoms with E-state index in [1.54, 1.807) is 6.07 Å². The molecule has 0 aliphatic carbocycles. The predicted octanol–water partition coefficient (Wildman–Crippen LogP) is 2.38. The van der Waals surface area contributed by atoms with Crippen molar-refractivity contribution in [3.8, 4) is 5.75 Å². The summed E-state index contributed by atoms with van der Waals surface area (Å²) in [6, 6.07) is 17.6. The van der Waals surface area contributed by atoms with Gasteiger partial charge in [-0.25, -0.2) is 4.99 Å². The second-order valence-corrected chi connectivity index (χ2v) is 5.78. The van der Waals surface area contributed by atoms with Crippen molar-refractivity contribution in [2.24, 2.45) is 10.7 Å². The fraction of sp³-hybridized carbons (Fsp3) is 0.263. The molecular weight excluding hydrogens is 443 g/mol. The second kappa shape index (κ2) is 11.3. The number of carbonyl (C=O) groups excluding carboxylic acids is 1. The third-order valence-corrected chi connectivity index (χ3v) is 3.41. The molecule has 0 atom stereocenters. The van der Waals surface area contributed by atoms with Crippen molar-refractivity contribution in [1.82, 2.24) is 10.2 Å². The van der Waals surface area contributed by atoms with Crippen molar-refractivity contribution in [3.05, 3.63) is 65.7 Å². The van der Waals surface area contributed by atoms with Gasteiger partial charge in [-0.05, 0) is 23.3 Å². The number of nitrogens with zero attached hydrogens (tertiary/aromatic N) is 2. The third-order valence-electron chi connectivity index (χ3n) is 3.41. The van der Waals surface area contributed by atoms with Crippen LogP contribution in [0.15, 0.2) is 59.6 Å². The SMILES string of the molecule is CN(C)C(=NCc1cccc(OCC(N)=O)c1)NCc1ccccc1.I. The first kappa shape index (κ1) is 21.8. The van der Waals surface area contributed by atoms with Crippen molar-refractivity contribution in [2.75, 3.05) is 20.7 Å². The number of benzene rings is 2. The van der Waals surface area contributed by atoms with Crippen LogP contribution in [-0.2, 0) is 17.9 Å². The molecule has 140 valence electrons. The minimum Gasteiger partial charge on any atom is -0.484 e. The number of halogens is 1. The van der Waals surface area contributed by atoms with Gasteiger partial charge in [0.2, 0.25) is 0 Å². The first-order valence-electron chi connectivity index (χ1n) is 8.04. The lowest BCUT2D eigenvalue weighted by Gasteiger charge is -2.18. The van der Waals surface area contributed by atoms with Gasteiger partial charge in [-0.1, -0.05) is 42.5 Å². The van der Waals surface area contributed by atoms with Crippen LogP contribution in [0.1, 0.15) is 11.1 Å². The number of hydrogen-bond acceptors (Lipinski definition) is 3. The van der Waals surface area contributed by atoms with E-state index in [2.05, 4.69) is 22.4 Å². The fourth-order valence-corrected chi connectivity index (χ4v) is 2.19. The summed E-state index contributed by atoms with van der Waals surface area (Å²) in [5.74, 6) is 0.908. The molecule has 3 N–H and O–H groups in total. The maximum absolute atomic E-state index is 10.8. The van der Waals surface area contributed by atoms with E-state index in [4.69, 9.17) is 10.5 Å². The molecule has 0 aliphatic rings. The van der Waals surface area contributed by atoms with E-state index in [-0.39, 0.29) is 30.6 Å². The highest BCUT2D eigenvalue weighted by atomic mass is 127. The van der Waals surface area contributed by atoms with E-state index < -0.39 is 5.91 Å². The number of rotatable bonds is 7. The number of primary amides is 1. The Morgan fingerprint density at radius 1 is 1.12 bits per heavy atom. The van der Waals surface area contributed by atoms with Crippen LogP contribution in [0.3, 0.4) is 0 Å². The summed E-state index contributed by atoms with van der Waals surface area (Å²) in [4.78, 5) is 17.4. The molecule has 2 aromatic rings. The van der Waals surface area contributed by atoms with E-state index in [0.717, 1.165) is 11.5 Å². The number of nitrogens with two attached hydrogens (primary N) is 1. The highest BCUT2D eigenvalue weighted by molar-refractivity contribution is 14.0. The van der Waals surface area contributed by atoms with E-state index >= 15 is 0 Å². The molecule has 0 aromatic heterocycles. The minimum atomic E-state index is -0.497. The molecule has 0 radical (unpaired) electrons. The van der Waals surface area contributed by atoms with Crippen LogP contribution >= 0.6 is 24.0 Å².